The van der Waals surface area contributed by atoms with Crippen LogP contribution in [0.2, 0.25) is 0 Å². The average Bonchev–Trinajstić information content (AvgIpc) is 3.18. The number of nitrogens with zero attached hydrogens (tertiary/aromatic N) is 4. The molecule has 0 radical (unpaired) electrons. The minimum atomic E-state index is -1.40. The van der Waals surface area contributed by atoms with Crippen LogP contribution in [-0.2, 0) is 0 Å². The summed E-state index contributed by atoms with van der Waals surface area (Å²) in [6.45, 7) is -0.104. The molecule has 1 N–H and O–H groups in total. The Kier molecular flexibility index (Phi) is 3.50. The number of hydrogen-bond donors (Lipinski definition) is 1. The number of likely N-dealkylation sites (tertiary alicyclic amines) is 1. The van der Waals surface area contributed by atoms with Gasteiger partial charge >= 0.3 is 0 Å². The predicted octanol–water partition coefficient (Wildman–Crippen LogP) is 1.58. The van der Waals surface area contributed by atoms with Gasteiger partial charge in [0.25, 0.3) is 5.91 Å². The highest BCUT2D eigenvalue weighted by molar-refractivity contribution is 5.96. The molecule has 7 heteroatoms. The maximum Gasteiger partial charge on any atom is 0.255 e. The molecular formula is C17H15FN4O2. The van der Waals surface area contributed by atoms with Crippen molar-refractivity contribution in [3.8, 4) is 5.69 Å². The summed E-state index contributed by atoms with van der Waals surface area (Å²) >= 11 is 0. The van der Waals surface area contributed by atoms with E-state index in [9.17, 15) is 14.3 Å². The number of fused-ring (bicyclic) bond motifs is 1. The van der Waals surface area contributed by atoms with Crippen molar-refractivity contribution in [2.45, 2.75) is 12.3 Å². The van der Waals surface area contributed by atoms with Gasteiger partial charge in [0.15, 0.2) is 5.65 Å². The number of carbonyl (C=O) groups excluding carboxylic acids is 1. The van der Waals surface area contributed by atoms with E-state index in [-0.39, 0.29) is 19.0 Å². The molecule has 0 aliphatic carbocycles. The first-order valence-electron chi connectivity index (χ1n) is 7.63. The van der Waals surface area contributed by atoms with Gasteiger partial charge in [-0.3, -0.25) is 9.36 Å². The lowest BCUT2D eigenvalue weighted by atomic mass is 10.2. The summed E-state index contributed by atoms with van der Waals surface area (Å²) < 4.78 is 15.2. The van der Waals surface area contributed by atoms with E-state index in [0.29, 0.717) is 16.7 Å². The predicted molar refractivity (Wildman–Crippen MR) is 85.7 cm³/mol. The zero-order chi connectivity index (χ0) is 16.7. The number of β-amino-alcohol motifs (C(OH)–C–C–N with tert-alkyl or cyclic N) is 1. The number of alkyl halides is 1. The van der Waals surface area contributed by atoms with Gasteiger partial charge < -0.3 is 10.0 Å². The third-order valence-electron chi connectivity index (χ3n) is 4.18. The van der Waals surface area contributed by atoms with Gasteiger partial charge in [0.1, 0.15) is 24.1 Å². The van der Waals surface area contributed by atoms with E-state index in [0.717, 1.165) is 5.69 Å². The van der Waals surface area contributed by atoms with E-state index in [1.165, 1.54) is 11.1 Å². The molecule has 0 saturated carbocycles. The Balaban J connectivity index is 1.67. The van der Waals surface area contributed by atoms with Crippen molar-refractivity contribution in [1.29, 1.82) is 0 Å². The molecule has 24 heavy (non-hydrogen) atoms. The second-order valence-electron chi connectivity index (χ2n) is 5.81. The molecular weight excluding hydrogens is 311 g/mol. The number of halogens is 1. The Morgan fingerprint density at radius 1 is 1.21 bits per heavy atom. The molecule has 122 valence electrons. The molecule has 2 atom stereocenters. The number of amides is 1. The number of imidazole rings is 1. The van der Waals surface area contributed by atoms with Crippen molar-refractivity contribution in [2.24, 2.45) is 0 Å². The monoisotopic (exact) mass is 326 g/mol. The molecule has 1 aromatic carbocycles. The normalized spacial score (nSPS) is 20.7. The standard InChI is InChI=1S/C17H15FN4O2/c18-13-8-21(9-15(13)23)17(24)11-6-14-16(19-7-11)22(10-20-14)12-4-2-1-3-5-12/h1-7,10,13,15,23H,8-9H2/t13-,15-/m1/s1. The highest BCUT2D eigenvalue weighted by Crippen LogP contribution is 2.20. The molecule has 6 nitrogen and oxygen atoms in total. The third-order valence-corrected chi connectivity index (χ3v) is 4.18. The molecule has 0 bridgehead atoms. The maximum atomic E-state index is 13.4. The average molecular weight is 326 g/mol. The van der Waals surface area contributed by atoms with Gasteiger partial charge in [-0.15, -0.1) is 0 Å². The smallest absolute Gasteiger partial charge is 0.255 e. The van der Waals surface area contributed by atoms with Gasteiger partial charge in [-0.05, 0) is 18.2 Å². The van der Waals surface area contributed by atoms with Gasteiger partial charge in [-0.25, -0.2) is 14.4 Å². The minimum Gasteiger partial charge on any atom is -0.388 e. The van der Waals surface area contributed by atoms with Crippen molar-refractivity contribution in [2.75, 3.05) is 13.1 Å². The number of pyridine rings is 1. The van der Waals surface area contributed by atoms with Gasteiger partial charge in [0.2, 0.25) is 0 Å². The van der Waals surface area contributed by atoms with Crippen LogP contribution in [0.4, 0.5) is 4.39 Å². The second kappa shape index (κ2) is 5.68. The van der Waals surface area contributed by atoms with Crippen LogP contribution >= 0.6 is 0 Å². The number of aliphatic hydroxyl groups excluding tert-OH is 1. The summed E-state index contributed by atoms with van der Waals surface area (Å²) in [6, 6.07) is 11.3. The number of carbonyl (C=O) groups is 1. The fourth-order valence-corrected chi connectivity index (χ4v) is 2.89. The molecule has 1 aliphatic rings. The lowest BCUT2D eigenvalue weighted by Gasteiger charge is -2.14. The van der Waals surface area contributed by atoms with Crippen LogP contribution in [0.5, 0.6) is 0 Å². The summed E-state index contributed by atoms with van der Waals surface area (Å²) in [5.74, 6) is -0.349. The largest absolute Gasteiger partial charge is 0.388 e. The number of benzene rings is 1. The zero-order valence-electron chi connectivity index (χ0n) is 12.7. The summed E-state index contributed by atoms with van der Waals surface area (Å²) in [7, 11) is 0. The van der Waals surface area contributed by atoms with Crippen LogP contribution in [0.25, 0.3) is 16.9 Å². The molecule has 4 rings (SSSR count). The molecule has 1 saturated heterocycles. The van der Waals surface area contributed by atoms with Gasteiger partial charge in [0, 0.05) is 18.4 Å². The third kappa shape index (κ3) is 2.43. The SMILES string of the molecule is O=C(c1cnc2c(c1)ncn2-c1ccccc1)N1C[C@@H](O)[C@H](F)C1. The summed E-state index contributed by atoms with van der Waals surface area (Å²) in [4.78, 5) is 22.4. The molecule has 1 aliphatic heterocycles. The van der Waals surface area contributed by atoms with Crippen molar-refractivity contribution in [1.82, 2.24) is 19.4 Å². The van der Waals surface area contributed by atoms with Crippen molar-refractivity contribution in [3.63, 3.8) is 0 Å². The number of rotatable bonds is 2. The Bertz CT molecular complexity index is 886. The number of aliphatic hydroxyl groups is 1. The second-order valence-corrected chi connectivity index (χ2v) is 5.81. The Morgan fingerprint density at radius 3 is 2.71 bits per heavy atom. The van der Waals surface area contributed by atoms with E-state index < -0.39 is 12.3 Å². The van der Waals surface area contributed by atoms with E-state index >= 15 is 0 Å². The summed E-state index contributed by atoms with van der Waals surface area (Å²) in [5.41, 5.74) is 2.49. The first-order chi connectivity index (χ1) is 11.6. The van der Waals surface area contributed by atoms with Crippen LogP contribution < -0.4 is 0 Å². The molecule has 3 heterocycles. The van der Waals surface area contributed by atoms with E-state index in [2.05, 4.69) is 9.97 Å². The first kappa shape index (κ1) is 14.8. The first-order valence-corrected chi connectivity index (χ1v) is 7.63. The maximum absolute atomic E-state index is 13.4. The molecule has 2 aromatic heterocycles. The number of para-hydroxylation sites is 1. The Labute approximate surface area is 137 Å². The van der Waals surface area contributed by atoms with E-state index in [4.69, 9.17) is 0 Å². The summed E-state index contributed by atoms with van der Waals surface area (Å²) in [5, 5.41) is 9.46. The molecule has 1 amide bonds. The molecule has 0 unspecified atom stereocenters. The number of aromatic nitrogens is 3. The highest BCUT2D eigenvalue weighted by atomic mass is 19.1. The fraction of sp³-hybridized carbons (Fsp3) is 0.235. The highest BCUT2D eigenvalue weighted by Gasteiger charge is 2.34. The lowest BCUT2D eigenvalue weighted by Crippen LogP contribution is -2.29. The fourth-order valence-electron chi connectivity index (χ4n) is 2.89. The molecule has 0 spiro atoms. The zero-order valence-corrected chi connectivity index (χ0v) is 12.7. The van der Waals surface area contributed by atoms with Crippen molar-refractivity contribution < 1.29 is 14.3 Å². The summed E-state index contributed by atoms with van der Waals surface area (Å²) in [6.07, 6.45) is 0.591. The number of hydrogen-bond acceptors (Lipinski definition) is 4. The van der Waals surface area contributed by atoms with Crippen LogP contribution in [0.3, 0.4) is 0 Å². The molecule has 3 aromatic rings. The topological polar surface area (TPSA) is 71.2 Å². The Hall–Kier alpha value is -2.80. The van der Waals surface area contributed by atoms with Gasteiger partial charge in [0.05, 0.1) is 12.1 Å². The quantitative estimate of drug-likeness (QED) is 0.776. The lowest BCUT2D eigenvalue weighted by molar-refractivity contribution is 0.0764. The molecule has 1 fully saturated rings. The van der Waals surface area contributed by atoms with Crippen LogP contribution in [0.15, 0.2) is 48.9 Å². The van der Waals surface area contributed by atoms with E-state index in [1.807, 2.05) is 34.9 Å². The van der Waals surface area contributed by atoms with Crippen LogP contribution in [-0.4, -0.2) is 55.8 Å². The van der Waals surface area contributed by atoms with E-state index in [1.54, 1.807) is 12.4 Å². The minimum absolute atomic E-state index is 0.00348. The van der Waals surface area contributed by atoms with Crippen LogP contribution in [0.1, 0.15) is 10.4 Å². The van der Waals surface area contributed by atoms with Crippen LogP contribution in [0, 0.1) is 0 Å². The Morgan fingerprint density at radius 2 is 2.00 bits per heavy atom. The van der Waals surface area contributed by atoms with Gasteiger partial charge in [-0.2, -0.15) is 0 Å². The van der Waals surface area contributed by atoms with Gasteiger partial charge in [-0.1, -0.05) is 18.2 Å². The van der Waals surface area contributed by atoms with Crippen molar-refractivity contribution in [3.05, 3.63) is 54.5 Å². The van der Waals surface area contributed by atoms with Crippen molar-refractivity contribution >= 4 is 17.1 Å².